The molecule has 2 fully saturated rings. The molecule has 0 unspecified atom stereocenters. The van der Waals surface area contributed by atoms with Gasteiger partial charge in [-0.05, 0) is 74.8 Å². The lowest BCUT2D eigenvalue weighted by molar-refractivity contribution is -0.172. The van der Waals surface area contributed by atoms with Crippen molar-refractivity contribution in [1.29, 1.82) is 0 Å². The molecule has 2 aliphatic carbocycles. The first kappa shape index (κ1) is 26.0. The number of sulfone groups is 1. The zero-order chi connectivity index (χ0) is 25.7. The van der Waals surface area contributed by atoms with Crippen molar-refractivity contribution in [2.75, 3.05) is 5.32 Å². The van der Waals surface area contributed by atoms with Crippen molar-refractivity contribution in [1.82, 2.24) is 0 Å². The Balaban J connectivity index is 1.59. The third kappa shape index (κ3) is 4.58. The second kappa shape index (κ2) is 9.40. The van der Waals surface area contributed by atoms with Crippen LogP contribution in [0.5, 0.6) is 0 Å². The van der Waals surface area contributed by atoms with Crippen molar-refractivity contribution in [3.05, 3.63) is 58.6 Å². The van der Waals surface area contributed by atoms with Gasteiger partial charge in [0.1, 0.15) is 6.10 Å². The topological polar surface area (TPSA) is 124 Å². The monoisotopic (exact) mass is 529 g/mol. The summed E-state index contributed by atoms with van der Waals surface area (Å²) in [6.07, 6.45) is -1.39. The van der Waals surface area contributed by atoms with Crippen LogP contribution in [0.15, 0.2) is 41.3 Å². The van der Waals surface area contributed by atoms with E-state index in [-0.39, 0.29) is 34.0 Å². The predicted molar refractivity (Wildman–Crippen MR) is 125 cm³/mol. The van der Waals surface area contributed by atoms with Crippen LogP contribution >= 0.6 is 11.6 Å². The molecule has 2 aromatic carbocycles. The minimum Gasteiger partial charge on any atom is -0.391 e. The summed E-state index contributed by atoms with van der Waals surface area (Å²) in [4.78, 5) is 12.4. The molecule has 2 aliphatic rings. The summed E-state index contributed by atoms with van der Waals surface area (Å²) in [5.41, 5.74) is -1.62. The van der Waals surface area contributed by atoms with E-state index in [1.165, 1.54) is 25.1 Å². The van der Waals surface area contributed by atoms with Gasteiger partial charge in [0, 0.05) is 17.3 Å². The van der Waals surface area contributed by atoms with E-state index in [2.05, 4.69) is 5.32 Å². The minimum absolute atomic E-state index is 0.00642. The van der Waals surface area contributed by atoms with Crippen molar-refractivity contribution < 1.29 is 37.3 Å². The Kier molecular flexibility index (Phi) is 6.98. The lowest BCUT2D eigenvalue weighted by Crippen LogP contribution is -2.58. The normalized spacial score (nSPS) is 27.9. The molecule has 0 heterocycles. The zero-order valence-electron chi connectivity index (χ0n) is 18.8. The summed E-state index contributed by atoms with van der Waals surface area (Å²) in [5.74, 6) is -4.00. The van der Waals surface area contributed by atoms with E-state index >= 15 is 0 Å². The van der Waals surface area contributed by atoms with Crippen LogP contribution in [0, 0.1) is 23.5 Å². The van der Waals surface area contributed by atoms with E-state index in [1.807, 2.05) is 0 Å². The fraction of sp³-hybridized carbons (Fsp3) is 0.458. The van der Waals surface area contributed by atoms with Crippen molar-refractivity contribution >= 4 is 33.0 Å². The van der Waals surface area contributed by atoms with Gasteiger partial charge in [-0.15, -0.1) is 0 Å². The Morgan fingerprint density at radius 1 is 1.09 bits per heavy atom. The van der Waals surface area contributed by atoms with Crippen LogP contribution in [0.4, 0.5) is 14.5 Å². The molecule has 0 spiro atoms. The fourth-order valence-corrected chi connectivity index (χ4v) is 7.89. The number of hydrogen-bond acceptors (Lipinski definition) is 6. The number of aliphatic hydroxyl groups is 3. The summed E-state index contributed by atoms with van der Waals surface area (Å²) >= 11 is 6.21. The maximum absolute atomic E-state index is 13.6. The Labute approximate surface area is 206 Å². The van der Waals surface area contributed by atoms with E-state index < -0.39 is 62.3 Å². The first-order valence-electron chi connectivity index (χ1n) is 11.2. The number of aliphatic hydroxyl groups excluding tert-OH is 2. The van der Waals surface area contributed by atoms with Gasteiger partial charge in [-0.25, -0.2) is 17.2 Å². The number of fused-ring (bicyclic) bond motifs is 2. The van der Waals surface area contributed by atoms with Gasteiger partial charge in [0.15, 0.2) is 21.5 Å². The first-order valence-corrected chi connectivity index (χ1v) is 13.2. The van der Waals surface area contributed by atoms with Crippen LogP contribution in [0.2, 0.25) is 5.02 Å². The average Bonchev–Trinajstić information content (AvgIpc) is 2.97. The van der Waals surface area contributed by atoms with Crippen molar-refractivity contribution in [2.45, 2.75) is 60.6 Å². The Morgan fingerprint density at radius 3 is 2.29 bits per heavy atom. The number of nitrogens with one attached hydrogen (secondary N) is 1. The highest BCUT2D eigenvalue weighted by molar-refractivity contribution is 7.92. The number of anilines is 1. The number of rotatable bonds is 6. The van der Waals surface area contributed by atoms with E-state index in [1.54, 1.807) is 0 Å². The second-order valence-electron chi connectivity index (χ2n) is 9.41. The van der Waals surface area contributed by atoms with Crippen LogP contribution in [-0.2, 0) is 9.84 Å². The Bertz CT molecular complexity index is 1240. The van der Waals surface area contributed by atoms with Gasteiger partial charge >= 0.3 is 0 Å². The van der Waals surface area contributed by atoms with Gasteiger partial charge < -0.3 is 20.6 Å². The molecule has 7 nitrogen and oxygen atoms in total. The summed E-state index contributed by atoms with van der Waals surface area (Å²) in [6.45, 7) is 1.38. The smallest absolute Gasteiger partial charge is 0.255 e. The first-order chi connectivity index (χ1) is 16.4. The molecule has 4 N–H and O–H groups in total. The molecule has 0 radical (unpaired) electrons. The number of hydrogen-bond donors (Lipinski definition) is 4. The number of benzene rings is 2. The maximum atomic E-state index is 13.6. The highest BCUT2D eigenvalue weighted by Gasteiger charge is 2.59. The maximum Gasteiger partial charge on any atom is 0.255 e. The molecule has 6 atom stereocenters. The standard InChI is InChI=1S/C24H26ClF2NO6S/c1-12(29)22(30)24(32)14-3-4-15(24)10-17(9-14)35(33,34)21-8-13(2-6-18(21)25)23(31)28-16-5-7-19(26)20(27)11-16/h2,5-8,11-12,14-15,17,22,29-30,32H,3-4,9-10H2,1H3,(H,28,31)/t12-,14-,15+,17-,22+,24-/m0/s1. The summed E-state index contributed by atoms with van der Waals surface area (Å²) in [5, 5.41) is 32.9. The highest BCUT2D eigenvalue weighted by Crippen LogP contribution is 2.54. The van der Waals surface area contributed by atoms with E-state index in [4.69, 9.17) is 11.6 Å². The van der Waals surface area contributed by atoms with E-state index in [9.17, 15) is 37.3 Å². The quantitative estimate of drug-likeness (QED) is 0.455. The molecule has 190 valence electrons. The van der Waals surface area contributed by atoms with Gasteiger partial charge in [-0.2, -0.15) is 0 Å². The van der Waals surface area contributed by atoms with Crippen LogP contribution in [-0.4, -0.2) is 52.7 Å². The number of halogens is 3. The molecule has 4 rings (SSSR count). The molecule has 0 aliphatic heterocycles. The molecule has 0 saturated heterocycles. The SMILES string of the molecule is C[C@H](O)[C@@H](O)[C@@]1(O)[C@@H]2CC[C@H]1C[C@H](S(=O)(=O)c1cc(C(=O)Nc3ccc(F)c(F)c3)ccc1Cl)C2. The average molecular weight is 530 g/mol. The van der Waals surface area contributed by atoms with E-state index in [0.717, 1.165) is 18.2 Å². The van der Waals surface area contributed by atoms with Crippen molar-refractivity contribution in [2.24, 2.45) is 11.8 Å². The van der Waals surface area contributed by atoms with Gasteiger partial charge in [0.2, 0.25) is 0 Å². The Morgan fingerprint density at radius 2 is 1.71 bits per heavy atom. The molecule has 2 aromatic rings. The zero-order valence-corrected chi connectivity index (χ0v) is 20.4. The lowest BCUT2D eigenvalue weighted by Gasteiger charge is -2.46. The minimum atomic E-state index is -4.03. The van der Waals surface area contributed by atoms with Crippen molar-refractivity contribution in [3.8, 4) is 0 Å². The Hall–Kier alpha value is -2.11. The van der Waals surface area contributed by atoms with Gasteiger partial charge in [0.25, 0.3) is 5.91 Å². The summed E-state index contributed by atoms with van der Waals surface area (Å²) in [6, 6.07) is 6.57. The van der Waals surface area contributed by atoms with Crippen LogP contribution in [0.3, 0.4) is 0 Å². The fourth-order valence-electron chi connectivity index (χ4n) is 5.48. The van der Waals surface area contributed by atoms with Gasteiger partial charge in [-0.1, -0.05) is 11.6 Å². The molecule has 1 amide bonds. The molecule has 2 bridgehead atoms. The summed E-state index contributed by atoms with van der Waals surface area (Å²) in [7, 11) is -4.03. The van der Waals surface area contributed by atoms with Crippen molar-refractivity contribution in [3.63, 3.8) is 0 Å². The number of carbonyl (C=O) groups is 1. The number of amides is 1. The van der Waals surface area contributed by atoms with E-state index in [0.29, 0.717) is 12.8 Å². The summed E-state index contributed by atoms with van der Waals surface area (Å²) < 4.78 is 53.7. The molecule has 35 heavy (non-hydrogen) atoms. The third-order valence-electron chi connectivity index (χ3n) is 7.31. The molecule has 0 aromatic heterocycles. The lowest BCUT2D eigenvalue weighted by atomic mass is 9.70. The highest BCUT2D eigenvalue weighted by atomic mass is 35.5. The molecular formula is C24H26ClF2NO6S. The van der Waals surface area contributed by atoms with Gasteiger partial charge in [-0.3, -0.25) is 4.79 Å². The van der Waals surface area contributed by atoms with Crippen LogP contribution < -0.4 is 5.32 Å². The molecular weight excluding hydrogens is 504 g/mol. The van der Waals surface area contributed by atoms with Crippen LogP contribution in [0.1, 0.15) is 43.0 Å². The molecule has 11 heteroatoms. The van der Waals surface area contributed by atoms with Crippen LogP contribution in [0.25, 0.3) is 0 Å². The van der Waals surface area contributed by atoms with Gasteiger partial charge in [0.05, 0.1) is 26.9 Å². The predicted octanol–water partition coefficient (Wildman–Crippen LogP) is 3.31. The second-order valence-corrected chi connectivity index (χ2v) is 12.0. The number of carbonyl (C=O) groups excluding carboxylic acids is 1. The largest absolute Gasteiger partial charge is 0.391 e. The molecule has 2 saturated carbocycles. The third-order valence-corrected chi connectivity index (χ3v) is 9.97.